The summed E-state index contributed by atoms with van der Waals surface area (Å²) >= 11 is 0. The maximum atomic E-state index is 13.6. The van der Waals surface area contributed by atoms with Gasteiger partial charge in [-0.05, 0) is 50.3 Å². The molecule has 1 heterocycles. The van der Waals surface area contributed by atoms with Crippen LogP contribution >= 0.6 is 0 Å². The Balaban J connectivity index is 2.38. The van der Waals surface area contributed by atoms with Gasteiger partial charge < -0.3 is 10.0 Å². The molecule has 2 atom stereocenters. The number of halogens is 1. The third-order valence-electron chi connectivity index (χ3n) is 3.76. The fourth-order valence-corrected chi connectivity index (χ4v) is 2.70. The van der Waals surface area contributed by atoms with E-state index in [1.807, 2.05) is 6.07 Å². The summed E-state index contributed by atoms with van der Waals surface area (Å²) in [6.07, 6.45) is 1.78. The van der Waals surface area contributed by atoms with E-state index in [4.69, 9.17) is 0 Å². The molecule has 1 fully saturated rings. The lowest BCUT2D eigenvalue weighted by Gasteiger charge is -2.35. The first-order chi connectivity index (χ1) is 8.49. The van der Waals surface area contributed by atoms with Crippen molar-refractivity contribution in [3.63, 3.8) is 0 Å². The lowest BCUT2D eigenvalue weighted by molar-refractivity contribution is 0.199. The van der Waals surface area contributed by atoms with Crippen LogP contribution in [0.4, 0.5) is 10.1 Å². The molecular weight excluding hydrogens is 229 g/mol. The molecule has 0 saturated carbocycles. The van der Waals surface area contributed by atoms with Gasteiger partial charge in [-0.15, -0.1) is 0 Å². The van der Waals surface area contributed by atoms with Gasteiger partial charge in [0.15, 0.2) is 0 Å². The van der Waals surface area contributed by atoms with Crippen LogP contribution < -0.4 is 4.90 Å². The Kier molecular flexibility index (Phi) is 3.91. The summed E-state index contributed by atoms with van der Waals surface area (Å²) in [5, 5.41) is 9.82. The van der Waals surface area contributed by atoms with Crippen molar-refractivity contribution in [3.8, 4) is 0 Å². The van der Waals surface area contributed by atoms with Gasteiger partial charge in [0.1, 0.15) is 5.82 Å². The molecule has 0 spiro atoms. The van der Waals surface area contributed by atoms with Crippen LogP contribution in [0, 0.1) is 18.7 Å². The van der Waals surface area contributed by atoms with Gasteiger partial charge >= 0.3 is 0 Å². The van der Waals surface area contributed by atoms with Crippen molar-refractivity contribution < 1.29 is 9.50 Å². The number of aliphatic hydroxyl groups is 1. The van der Waals surface area contributed by atoms with Gasteiger partial charge in [0.25, 0.3) is 0 Å². The largest absolute Gasteiger partial charge is 0.389 e. The Labute approximate surface area is 108 Å². The summed E-state index contributed by atoms with van der Waals surface area (Å²) in [5.74, 6) is 0.422. The maximum Gasteiger partial charge on any atom is 0.126 e. The first-order valence-electron chi connectivity index (χ1n) is 6.72. The van der Waals surface area contributed by atoms with Crippen LogP contribution in [0.2, 0.25) is 0 Å². The van der Waals surface area contributed by atoms with Gasteiger partial charge in [0.05, 0.1) is 6.10 Å². The monoisotopic (exact) mass is 251 g/mol. The fourth-order valence-electron chi connectivity index (χ4n) is 2.70. The second kappa shape index (κ2) is 5.27. The van der Waals surface area contributed by atoms with Crippen molar-refractivity contribution in [2.75, 3.05) is 18.0 Å². The average molecular weight is 251 g/mol. The van der Waals surface area contributed by atoms with Crippen LogP contribution in [0.3, 0.4) is 0 Å². The number of rotatable bonds is 2. The Morgan fingerprint density at radius 2 is 2.17 bits per heavy atom. The first-order valence-corrected chi connectivity index (χ1v) is 6.72. The zero-order valence-corrected chi connectivity index (χ0v) is 11.4. The lowest BCUT2D eigenvalue weighted by atomic mass is 9.97. The number of benzene rings is 1. The number of piperidine rings is 1. The minimum absolute atomic E-state index is 0.236. The highest BCUT2D eigenvalue weighted by molar-refractivity contribution is 5.57. The van der Waals surface area contributed by atoms with Crippen molar-refractivity contribution in [3.05, 3.63) is 29.1 Å². The van der Waals surface area contributed by atoms with E-state index in [0.29, 0.717) is 17.0 Å². The first kappa shape index (κ1) is 13.3. The van der Waals surface area contributed by atoms with Crippen LogP contribution in [0.5, 0.6) is 0 Å². The SMILES string of the molecule is Cc1cc(N2CCCC(C)C2)c(C(C)O)cc1F. The highest BCUT2D eigenvalue weighted by atomic mass is 19.1. The van der Waals surface area contributed by atoms with Gasteiger partial charge in [0, 0.05) is 24.3 Å². The van der Waals surface area contributed by atoms with Crippen LogP contribution in [-0.2, 0) is 0 Å². The number of aryl methyl sites for hydroxylation is 1. The van der Waals surface area contributed by atoms with E-state index in [1.165, 1.54) is 12.5 Å². The molecule has 2 nitrogen and oxygen atoms in total. The van der Waals surface area contributed by atoms with Crippen LogP contribution in [0.1, 0.15) is 43.9 Å². The van der Waals surface area contributed by atoms with Crippen LogP contribution in [0.15, 0.2) is 12.1 Å². The molecule has 1 aromatic carbocycles. The Morgan fingerprint density at radius 1 is 1.44 bits per heavy atom. The number of aliphatic hydroxyl groups excluding tert-OH is 1. The summed E-state index contributed by atoms with van der Waals surface area (Å²) in [6.45, 7) is 7.70. The predicted molar refractivity (Wildman–Crippen MR) is 72.4 cm³/mol. The van der Waals surface area contributed by atoms with E-state index >= 15 is 0 Å². The molecule has 0 aromatic heterocycles. The van der Waals surface area contributed by atoms with Crippen molar-refractivity contribution in [2.24, 2.45) is 5.92 Å². The van der Waals surface area contributed by atoms with E-state index in [-0.39, 0.29) is 5.82 Å². The molecule has 2 rings (SSSR count). The van der Waals surface area contributed by atoms with Gasteiger partial charge in [-0.2, -0.15) is 0 Å². The minimum atomic E-state index is -0.632. The van der Waals surface area contributed by atoms with Gasteiger partial charge in [-0.3, -0.25) is 0 Å². The van der Waals surface area contributed by atoms with Crippen molar-refractivity contribution in [1.82, 2.24) is 0 Å². The van der Waals surface area contributed by atoms with Gasteiger partial charge in [-0.25, -0.2) is 4.39 Å². The predicted octanol–water partition coefficient (Wildman–Crippen LogP) is 3.42. The van der Waals surface area contributed by atoms with E-state index in [2.05, 4.69) is 11.8 Å². The highest BCUT2D eigenvalue weighted by Crippen LogP contribution is 2.32. The smallest absolute Gasteiger partial charge is 0.126 e. The number of hydrogen-bond acceptors (Lipinski definition) is 2. The molecule has 0 aliphatic carbocycles. The Morgan fingerprint density at radius 3 is 2.78 bits per heavy atom. The Hall–Kier alpha value is -1.09. The molecule has 1 aromatic rings. The molecule has 1 aliphatic rings. The van der Waals surface area contributed by atoms with E-state index in [0.717, 1.165) is 25.2 Å². The normalized spacial score (nSPS) is 22.1. The average Bonchev–Trinajstić information content (AvgIpc) is 2.31. The molecule has 1 aliphatic heterocycles. The molecule has 0 amide bonds. The number of anilines is 1. The van der Waals surface area contributed by atoms with E-state index in [9.17, 15) is 9.50 Å². The van der Waals surface area contributed by atoms with E-state index in [1.54, 1.807) is 13.8 Å². The fraction of sp³-hybridized carbons (Fsp3) is 0.600. The van der Waals surface area contributed by atoms with Gasteiger partial charge in [0.2, 0.25) is 0 Å². The molecule has 3 heteroatoms. The van der Waals surface area contributed by atoms with Crippen molar-refractivity contribution in [1.29, 1.82) is 0 Å². The number of hydrogen-bond donors (Lipinski definition) is 1. The highest BCUT2D eigenvalue weighted by Gasteiger charge is 2.21. The topological polar surface area (TPSA) is 23.5 Å². The summed E-state index contributed by atoms with van der Waals surface area (Å²) in [4.78, 5) is 2.28. The van der Waals surface area contributed by atoms with Crippen LogP contribution in [0.25, 0.3) is 0 Å². The molecule has 100 valence electrons. The third-order valence-corrected chi connectivity index (χ3v) is 3.76. The summed E-state index contributed by atoms with van der Waals surface area (Å²) < 4.78 is 13.6. The molecular formula is C15H22FNO. The molecule has 2 unspecified atom stereocenters. The standard InChI is InChI=1S/C15H22FNO/c1-10-5-4-6-17(9-10)15-7-11(2)14(16)8-13(15)12(3)18/h7-8,10,12,18H,4-6,9H2,1-3H3. The molecule has 18 heavy (non-hydrogen) atoms. The zero-order valence-electron chi connectivity index (χ0n) is 11.4. The zero-order chi connectivity index (χ0) is 13.3. The van der Waals surface area contributed by atoms with Crippen molar-refractivity contribution in [2.45, 2.75) is 39.7 Å². The maximum absolute atomic E-state index is 13.6. The number of nitrogens with zero attached hydrogens (tertiary/aromatic N) is 1. The lowest BCUT2D eigenvalue weighted by Crippen LogP contribution is -2.35. The van der Waals surface area contributed by atoms with Crippen molar-refractivity contribution >= 4 is 5.69 Å². The van der Waals surface area contributed by atoms with Gasteiger partial charge in [-0.1, -0.05) is 6.92 Å². The summed E-state index contributed by atoms with van der Waals surface area (Å²) in [6, 6.07) is 3.35. The third kappa shape index (κ3) is 2.66. The minimum Gasteiger partial charge on any atom is -0.389 e. The second-order valence-corrected chi connectivity index (χ2v) is 5.53. The molecule has 1 saturated heterocycles. The summed E-state index contributed by atoms with van der Waals surface area (Å²) in [5.41, 5.74) is 2.34. The Bertz CT molecular complexity index is 431. The summed E-state index contributed by atoms with van der Waals surface area (Å²) in [7, 11) is 0. The second-order valence-electron chi connectivity index (χ2n) is 5.53. The quantitative estimate of drug-likeness (QED) is 0.870. The van der Waals surface area contributed by atoms with E-state index < -0.39 is 6.10 Å². The van der Waals surface area contributed by atoms with Crippen LogP contribution in [-0.4, -0.2) is 18.2 Å². The molecule has 0 bridgehead atoms. The molecule has 0 radical (unpaired) electrons. The molecule has 1 N–H and O–H groups in total.